The number of rotatable bonds is 2. The molecule has 1 amide bonds. The summed E-state index contributed by atoms with van der Waals surface area (Å²) in [5, 5.41) is 11.2. The molecule has 1 aliphatic heterocycles. The molecule has 1 aliphatic rings. The summed E-state index contributed by atoms with van der Waals surface area (Å²) in [4.78, 5) is 22.9. The number of alkyl halides is 3. The van der Waals surface area contributed by atoms with Crippen molar-refractivity contribution < 1.29 is 32.6 Å². The molecule has 1 aromatic rings. The summed E-state index contributed by atoms with van der Waals surface area (Å²) < 4.78 is 42.6. The summed E-state index contributed by atoms with van der Waals surface area (Å²) in [6.07, 6.45) is -4.66. The van der Waals surface area contributed by atoms with Gasteiger partial charge in [0.05, 0.1) is 11.3 Å². The lowest BCUT2D eigenvalue weighted by molar-refractivity contribution is -0.137. The second-order valence-corrected chi connectivity index (χ2v) is 3.90. The van der Waals surface area contributed by atoms with Crippen LogP contribution in [0.2, 0.25) is 0 Å². The van der Waals surface area contributed by atoms with Crippen molar-refractivity contribution in [1.82, 2.24) is 0 Å². The number of para-hydroxylation sites is 1. The van der Waals surface area contributed by atoms with Crippen molar-refractivity contribution in [2.75, 3.05) is 11.9 Å². The molecule has 0 spiro atoms. The van der Waals surface area contributed by atoms with E-state index in [9.17, 15) is 27.9 Å². The highest BCUT2D eigenvalue weighted by Gasteiger charge is 2.35. The number of cyclic esters (lactones) is 1. The Morgan fingerprint density at radius 2 is 1.95 bits per heavy atom. The summed E-state index contributed by atoms with van der Waals surface area (Å²) in [5.41, 5.74) is -2.26. The Morgan fingerprint density at radius 3 is 2.50 bits per heavy atom. The lowest BCUT2D eigenvalue weighted by Crippen LogP contribution is -2.21. The third-order valence-electron chi connectivity index (χ3n) is 2.54. The Kier molecular flexibility index (Phi) is 3.39. The third kappa shape index (κ3) is 2.58. The minimum absolute atomic E-state index is 0.470. The van der Waals surface area contributed by atoms with Gasteiger partial charge < -0.3 is 15.2 Å². The Hall–Kier alpha value is -2.51. The van der Waals surface area contributed by atoms with E-state index in [2.05, 4.69) is 4.74 Å². The normalized spacial score (nSPS) is 15.2. The number of nitrogens with one attached hydrogen (secondary N) is 1. The molecule has 2 rings (SSSR count). The van der Waals surface area contributed by atoms with E-state index in [1.54, 1.807) is 0 Å². The molecule has 0 bridgehead atoms. The van der Waals surface area contributed by atoms with Gasteiger partial charge in [0.15, 0.2) is 11.3 Å². The fourth-order valence-corrected chi connectivity index (χ4v) is 1.64. The van der Waals surface area contributed by atoms with E-state index >= 15 is 0 Å². The molecule has 1 heterocycles. The number of carbonyl (C=O) groups is 2. The highest BCUT2D eigenvalue weighted by Crippen LogP contribution is 2.34. The molecular formula is C12H8F3NO4. The van der Waals surface area contributed by atoms with E-state index in [-0.39, 0.29) is 0 Å². The number of anilines is 1. The molecule has 20 heavy (non-hydrogen) atoms. The monoisotopic (exact) mass is 287 g/mol. The highest BCUT2D eigenvalue weighted by atomic mass is 19.4. The van der Waals surface area contributed by atoms with Gasteiger partial charge in [-0.15, -0.1) is 0 Å². The molecule has 0 unspecified atom stereocenters. The number of ether oxygens (including phenoxy) is 1. The SMILES string of the molecule is O=C(Nc1ccccc1C(F)(F)F)C1=C(O)COC1=O. The zero-order valence-electron chi connectivity index (χ0n) is 9.82. The van der Waals surface area contributed by atoms with Gasteiger partial charge in [0.25, 0.3) is 5.91 Å². The van der Waals surface area contributed by atoms with Crippen LogP contribution in [0.4, 0.5) is 18.9 Å². The minimum atomic E-state index is -4.66. The molecule has 0 aromatic heterocycles. The van der Waals surface area contributed by atoms with Gasteiger partial charge in [-0.1, -0.05) is 12.1 Å². The van der Waals surface area contributed by atoms with Crippen molar-refractivity contribution in [2.45, 2.75) is 6.18 Å². The third-order valence-corrected chi connectivity index (χ3v) is 2.54. The molecule has 2 N–H and O–H groups in total. The molecule has 0 aliphatic carbocycles. The largest absolute Gasteiger partial charge is 0.508 e. The highest BCUT2D eigenvalue weighted by molar-refractivity contribution is 6.22. The van der Waals surface area contributed by atoms with Gasteiger partial charge in [-0.3, -0.25) is 4.79 Å². The molecule has 0 atom stereocenters. The molecule has 5 nitrogen and oxygen atoms in total. The van der Waals surface area contributed by atoms with Crippen LogP contribution in [0.3, 0.4) is 0 Å². The van der Waals surface area contributed by atoms with Crippen molar-refractivity contribution in [2.24, 2.45) is 0 Å². The number of amides is 1. The summed E-state index contributed by atoms with van der Waals surface area (Å²) in [5.74, 6) is -2.84. The first-order chi connectivity index (χ1) is 9.30. The van der Waals surface area contributed by atoms with E-state index < -0.39 is 47.2 Å². The Labute approximate surface area is 110 Å². The molecule has 1 aromatic carbocycles. The quantitative estimate of drug-likeness (QED) is 0.644. The topological polar surface area (TPSA) is 75.6 Å². The van der Waals surface area contributed by atoms with Crippen molar-refractivity contribution >= 4 is 17.6 Å². The first-order valence-electron chi connectivity index (χ1n) is 5.37. The molecule has 106 valence electrons. The van der Waals surface area contributed by atoms with E-state index in [1.165, 1.54) is 12.1 Å². The maximum Gasteiger partial charge on any atom is 0.418 e. The molecule has 8 heteroatoms. The van der Waals surface area contributed by atoms with Crippen LogP contribution >= 0.6 is 0 Å². The molecular weight excluding hydrogens is 279 g/mol. The van der Waals surface area contributed by atoms with E-state index in [0.717, 1.165) is 12.1 Å². The van der Waals surface area contributed by atoms with E-state index in [4.69, 9.17) is 0 Å². The van der Waals surface area contributed by atoms with Crippen molar-refractivity contribution in [3.8, 4) is 0 Å². The number of hydrogen-bond acceptors (Lipinski definition) is 4. The number of benzene rings is 1. The summed E-state index contributed by atoms with van der Waals surface area (Å²) in [6, 6.07) is 4.29. The van der Waals surface area contributed by atoms with Gasteiger partial charge in [-0.2, -0.15) is 13.2 Å². The number of carbonyl (C=O) groups excluding carboxylic acids is 2. The van der Waals surface area contributed by atoms with Crippen molar-refractivity contribution in [3.63, 3.8) is 0 Å². The van der Waals surface area contributed by atoms with Gasteiger partial charge in [0.2, 0.25) is 0 Å². The zero-order valence-corrected chi connectivity index (χ0v) is 9.82. The summed E-state index contributed by atoms with van der Waals surface area (Å²) in [6.45, 7) is -0.470. The van der Waals surface area contributed by atoms with Crippen LogP contribution in [0.5, 0.6) is 0 Å². The van der Waals surface area contributed by atoms with Crippen LogP contribution in [0.15, 0.2) is 35.6 Å². The second kappa shape index (κ2) is 4.87. The molecule has 0 radical (unpaired) electrons. The molecule has 0 saturated heterocycles. The van der Waals surface area contributed by atoms with Gasteiger partial charge in [-0.25, -0.2) is 4.79 Å². The Balaban J connectivity index is 2.30. The second-order valence-electron chi connectivity index (χ2n) is 3.90. The Bertz CT molecular complexity index is 607. The number of halogens is 3. The van der Waals surface area contributed by atoms with Gasteiger partial charge >= 0.3 is 12.1 Å². The number of aliphatic hydroxyl groups excluding tert-OH is 1. The lowest BCUT2D eigenvalue weighted by Gasteiger charge is -2.13. The standard InChI is InChI=1S/C12H8F3NO4/c13-12(14,15)6-3-1-2-4-7(6)16-10(18)9-8(17)5-20-11(9)19/h1-4,17H,5H2,(H,16,18). The van der Waals surface area contributed by atoms with Crippen molar-refractivity contribution in [3.05, 3.63) is 41.2 Å². The summed E-state index contributed by atoms with van der Waals surface area (Å²) >= 11 is 0. The minimum Gasteiger partial charge on any atom is -0.508 e. The maximum absolute atomic E-state index is 12.7. The van der Waals surface area contributed by atoms with Crippen LogP contribution in [0.25, 0.3) is 0 Å². The first kappa shape index (κ1) is 13.9. The number of aliphatic hydroxyl groups is 1. The van der Waals surface area contributed by atoms with E-state index in [0.29, 0.717) is 0 Å². The molecule has 0 saturated carbocycles. The van der Waals surface area contributed by atoms with Crippen LogP contribution < -0.4 is 5.32 Å². The smallest absolute Gasteiger partial charge is 0.418 e. The average Bonchev–Trinajstić information content (AvgIpc) is 2.68. The fourth-order valence-electron chi connectivity index (χ4n) is 1.64. The lowest BCUT2D eigenvalue weighted by atomic mass is 10.1. The summed E-state index contributed by atoms with van der Waals surface area (Å²) in [7, 11) is 0. The first-order valence-corrected chi connectivity index (χ1v) is 5.37. The number of hydrogen-bond donors (Lipinski definition) is 2. The van der Waals surface area contributed by atoms with Gasteiger partial charge in [0, 0.05) is 0 Å². The van der Waals surface area contributed by atoms with Crippen molar-refractivity contribution in [1.29, 1.82) is 0 Å². The van der Waals surface area contributed by atoms with Crippen LogP contribution in [0.1, 0.15) is 5.56 Å². The predicted molar refractivity (Wildman–Crippen MR) is 60.7 cm³/mol. The Morgan fingerprint density at radius 1 is 1.30 bits per heavy atom. The fraction of sp³-hybridized carbons (Fsp3) is 0.167. The van der Waals surface area contributed by atoms with Crippen LogP contribution in [-0.2, 0) is 20.5 Å². The maximum atomic E-state index is 12.7. The van der Waals surface area contributed by atoms with E-state index in [1.807, 2.05) is 5.32 Å². The van der Waals surface area contributed by atoms with Crippen LogP contribution in [-0.4, -0.2) is 23.6 Å². The zero-order chi connectivity index (χ0) is 14.9. The average molecular weight is 287 g/mol. The predicted octanol–water partition coefficient (Wildman–Crippen LogP) is 2.01. The van der Waals surface area contributed by atoms with Gasteiger partial charge in [-0.05, 0) is 12.1 Å². The number of esters is 1. The van der Waals surface area contributed by atoms with Crippen LogP contribution in [0, 0.1) is 0 Å². The van der Waals surface area contributed by atoms with Gasteiger partial charge in [0.1, 0.15) is 6.61 Å². The molecule has 0 fully saturated rings.